The van der Waals surface area contributed by atoms with E-state index in [9.17, 15) is 8.42 Å². The minimum Gasteiger partial charge on any atom is -0.325 e. The Morgan fingerprint density at radius 2 is 1.35 bits per heavy atom. The van der Waals surface area contributed by atoms with Crippen LogP contribution in [0.2, 0.25) is 0 Å². The van der Waals surface area contributed by atoms with Crippen molar-refractivity contribution in [3.05, 3.63) is 12.4 Å². The van der Waals surface area contributed by atoms with Crippen molar-refractivity contribution in [1.29, 1.82) is 0 Å². The lowest BCUT2D eigenvalue weighted by Crippen LogP contribution is -2.12. The Morgan fingerprint density at radius 3 is 1.78 bits per heavy atom. The second-order valence-electron chi connectivity index (χ2n) is 6.53. The monoisotopic (exact) mass is 342 g/mol. The molecule has 134 valence electrons. The summed E-state index contributed by atoms with van der Waals surface area (Å²) >= 11 is 0. The quantitative estimate of drug-likeness (QED) is 0.452. The van der Waals surface area contributed by atoms with E-state index in [1.165, 1.54) is 64.0 Å². The molecule has 1 aromatic heterocycles. The van der Waals surface area contributed by atoms with E-state index in [1.807, 2.05) is 0 Å². The van der Waals surface area contributed by atoms with Crippen molar-refractivity contribution in [3.63, 3.8) is 0 Å². The molecule has 0 atom stereocenters. The SMILES string of the molecule is CCCCCCCCCCCCCCS(=O)(=O)c1nccn1C. The van der Waals surface area contributed by atoms with Crippen LogP contribution < -0.4 is 0 Å². The Hall–Kier alpha value is -0.840. The third-order valence-electron chi connectivity index (χ3n) is 4.32. The second kappa shape index (κ2) is 11.7. The topological polar surface area (TPSA) is 52.0 Å². The number of sulfone groups is 1. The van der Waals surface area contributed by atoms with Gasteiger partial charge in [-0.2, -0.15) is 0 Å². The molecule has 0 saturated heterocycles. The number of rotatable bonds is 14. The summed E-state index contributed by atoms with van der Waals surface area (Å²) in [5.74, 6) is 0.218. The highest BCUT2D eigenvalue weighted by Crippen LogP contribution is 2.14. The van der Waals surface area contributed by atoms with E-state index in [1.54, 1.807) is 17.8 Å². The van der Waals surface area contributed by atoms with Gasteiger partial charge in [-0.05, 0) is 6.42 Å². The first-order chi connectivity index (χ1) is 11.1. The molecule has 1 heterocycles. The summed E-state index contributed by atoms with van der Waals surface area (Å²) in [5, 5.41) is 0.195. The van der Waals surface area contributed by atoms with Gasteiger partial charge in [-0.25, -0.2) is 13.4 Å². The third kappa shape index (κ3) is 8.54. The molecule has 0 radical (unpaired) electrons. The van der Waals surface area contributed by atoms with Gasteiger partial charge in [0.1, 0.15) is 0 Å². The lowest BCUT2D eigenvalue weighted by Gasteiger charge is -2.05. The highest BCUT2D eigenvalue weighted by atomic mass is 32.2. The maximum atomic E-state index is 12.1. The first-order valence-corrected chi connectivity index (χ1v) is 10.9. The molecule has 0 aliphatic carbocycles. The Kier molecular flexibility index (Phi) is 10.2. The van der Waals surface area contributed by atoms with Gasteiger partial charge < -0.3 is 4.57 Å². The van der Waals surface area contributed by atoms with Crippen molar-refractivity contribution in [2.75, 3.05) is 5.75 Å². The van der Waals surface area contributed by atoms with Gasteiger partial charge in [-0.1, -0.05) is 77.6 Å². The van der Waals surface area contributed by atoms with E-state index in [2.05, 4.69) is 11.9 Å². The van der Waals surface area contributed by atoms with Gasteiger partial charge in [0.05, 0.1) is 5.75 Å². The van der Waals surface area contributed by atoms with Crippen molar-refractivity contribution in [2.24, 2.45) is 7.05 Å². The maximum Gasteiger partial charge on any atom is 0.227 e. The first kappa shape index (κ1) is 20.2. The molecule has 1 aromatic rings. The van der Waals surface area contributed by atoms with Crippen LogP contribution >= 0.6 is 0 Å². The highest BCUT2D eigenvalue weighted by molar-refractivity contribution is 7.91. The molecular formula is C18H34N2O2S. The van der Waals surface area contributed by atoms with E-state index in [0.717, 1.165) is 19.3 Å². The molecule has 0 unspecified atom stereocenters. The summed E-state index contributed by atoms with van der Waals surface area (Å²) in [6.45, 7) is 2.25. The van der Waals surface area contributed by atoms with Crippen LogP contribution in [0, 0.1) is 0 Å². The van der Waals surface area contributed by atoms with Gasteiger partial charge in [0, 0.05) is 19.4 Å². The molecule has 0 saturated carbocycles. The van der Waals surface area contributed by atoms with E-state index in [4.69, 9.17) is 0 Å². The van der Waals surface area contributed by atoms with Gasteiger partial charge in [0.2, 0.25) is 15.0 Å². The summed E-state index contributed by atoms with van der Waals surface area (Å²) in [4.78, 5) is 3.94. The van der Waals surface area contributed by atoms with Crippen LogP contribution in [0.3, 0.4) is 0 Å². The second-order valence-corrected chi connectivity index (χ2v) is 8.53. The molecule has 5 heteroatoms. The third-order valence-corrected chi connectivity index (χ3v) is 6.10. The van der Waals surface area contributed by atoms with E-state index in [0.29, 0.717) is 0 Å². The molecule has 0 aliphatic rings. The molecule has 4 nitrogen and oxygen atoms in total. The smallest absolute Gasteiger partial charge is 0.227 e. The number of hydrogen-bond acceptors (Lipinski definition) is 3. The van der Waals surface area contributed by atoms with Crippen LogP contribution in [-0.4, -0.2) is 23.7 Å². The van der Waals surface area contributed by atoms with Crippen molar-refractivity contribution in [1.82, 2.24) is 9.55 Å². The fourth-order valence-electron chi connectivity index (χ4n) is 2.88. The van der Waals surface area contributed by atoms with Gasteiger partial charge >= 0.3 is 0 Å². The van der Waals surface area contributed by atoms with Gasteiger partial charge in [0.15, 0.2) is 0 Å². The minimum atomic E-state index is -3.21. The average molecular weight is 343 g/mol. The van der Waals surface area contributed by atoms with E-state index >= 15 is 0 Å². The fourth-order valence-corrected chi connectivity index (χ4v) is 4.36. The molecule has 0 aromatic carbocycles. The number of aromatic nitrogens is 2. The van der Waals surface area contributed by atoms with Gasteiger partial charge in [-0.15, -0.1) is 0 Å². The highest BCUT2D eigenvalue weighted by Gasteiger charge is 2.18. The average Bonchev–Trinajstić information content (AvgIpc) is 2.95. The molecule has 23 heavy (non-hydrogen) atoms. The van der Waals surface area contributed by atoms with Crippen molar-refractivity contribution in [2.45, 2.75) is 89.1 Å². The zero-order chi connectivity index (χ0) is 17.0. The summed E-state index contributed by atoms with van der Waals surface area (Å²) in [5.41, 5.74) is 0. The van der Waals surface area contributed by atoms with E-state index < -0.39 is 9.84 Å². The predicted octanol–water partition coefficient (Wildman–Crippen LogP) is 4.89. The maximum absolute atomic E-state index is 12.1. The van der Waals surface area contributed by atoms with Gasteiger partial charge in [0.25, 0.3) is 0 Å². The molecule has 0 amide bonds. The molecule has 0 fully saturated rings. The number of imidazole rings is 1. The van der Waals surface area contributed by atoms with Crippen LogP contribution in [0.4, 0.5) is 0 Å². The number of hydrogen-bond donors (Lipinski definition) is 0. The predicted molar refractivity (Wildman–Crippen MR) is 96.3 cm³/mol. The van der Waals surface area contributed by atoms with Crippen molar-refractivity contribution >= 4 is 9.84 Å². The normalized spacial score (nSPS) is 11.9. The number of nitrogens with zero attached hydrogens (tertiary/aromatic N) is 2. The summed E-state index contributed by atoms with van der Waals surface area (Å²) in [6, 6.07) is 0. The summed E-state index contributed by atoms with van der Waals surface area (Å²) in [6.07, 6.45) is 18.2. The molecule has 0 bridgehead atoms. The number of unbranched alkanes of at least 4 members (excludes halogenated alkanes) is 11. The Balaban J connectivity index is 1.97. The zero-order valence-electron chi connectivity index (χ0n) is 15.0. The number of aryl methyl sites for hydroxylation is 1. The Morgan fingerprint density at radius 1 is 0.870 bits per heavy atom. The Labute approximate surface area is 142 Å². The van der Waals surface area contributed by atoms with E-state index in [-0.39, 0.29) is 10.9 Å². The van der Waals surface area contributed by atoms with Crippen LogP contribution in [0.1, 0.15) is 84.0 Å². The van der Waals surface area contributed by atoms with Crippen molar-refractivity contribution < 1.29 is 8.42 Å². The van der Waals surface area contributed by atoms with Gasteiger partial charge in [-0.3, -0.25) is 0 Å². The lowest BCUT2D eigenvalue weighted by molar-refractivity contribution is 0.544. The first-order valence-electron chi connectivity index (χ1n) is 9.28. The summed E-state index contributed by atoms with van der Waals surface area (Å²) in [7, 11) is -1.48. The van der Waals surface area contributed by atoms with Crippen LogP contribution in [-0.2, 0) is 16.9 Å². The Bertz CT molecular complexity index is 509. The van der Waals surface area contributed by atoms with Crippen LogP contribution in [0.15, 0.2) is 17.6 Å². The fraction of sp³-hybridized carbons (Fsp3) is 0.833. The molecule has 1 rings (SSSR count). The molecule has 0 spiro atoms. The lowest BCUT2D eigenvalue weighted by atomic mass is 10.1. The molecule has 0 aliphatic heterocycles. The van der Waals surface area contributed by atoms with Crippen LogP contribution in [0.5, 0.6) is 0 Å². The zero-order valence-corrected chi connectivity index (χ0v) is 15.8. The largest absolute Gasteiger partial charge is 0.325 e. The molecular weight excluding hydrogens is 308 g/mol. The molecule has 0 N–H and O–H groups in total. The minimum absolute atomic E-state index is 0.195. The standard InChI is InChI=1S/C18H34N2O2S/c1-3-4-5-6-7-8-9-10-11-12-13-14-17-23(21,22)18-19-15-16-20(18)2/h15-16H,3-14,17H2,1-2H3. The summed E-state index contributed by atoms with van der Waals surface area (Å²) < 4.78 is 25.8. The van der Waals surface area contributed by atoms with Crippen molar-refractivity contribution in [3.8, 4) is 0 Å². The van der Waals surface area contributed by atoms with Crippen LogP contribution in [0.25, 0.3) is 0 Å².